The summed E-state index contributed by atoms with van der Waals surface area (Å²) < 4.78 is 11.9. The van der Waals surface area contributed by atoms with E-state index in [-0.39, 0.29) is 0 Å². The van der Waals surface area contributed by atoms with Crippen LogP contribution in [-0.4, -0.2) is 29.8 Å². The van der Waals surface area contributed by atoms with Crippen LogP contribution >= 0.6 is 0 Å². The Morgan fingerprint density at radius 3 is 1.94 bits per heavy atom. The number of rotatable bonds is 19. The topological polar surface area (TPSA) is 72.8 Å². The van der Waals surface area contributed by atoms with Gasteiger partial charge in [0.25, 0.3) is 0 Å². The minimum Gasteiger partial charge on any atom is -0.481 e. The summed E-state index contributed by atoms with van der Waals surface area (Å²) in [5.74, 6) is -1.40. The minimum absolute atomic E-state index is 0.398. The van der Waals surface area contributed by atoms with E-state index in [0.717, 1.165) is 47.9 Å². The molecular formula is C44H52O5. The standard InChI is InChI=1S/C44H52O5/c1-2-3-4-5-6-7-8-10-17-34-19-21-35(22-20-34)36-23-25-37(26-24-36)44(47)49-40-28-27-38-31-41(43(45)46)42(32-39(38)30-40)48-29-14-13-18-33-15-11-9-12-16-33/h9,11-12,15-16,19-28,30,41-42H,2-8,10,13-14,17-18,29,31-32H2,1H3,(H,45,46). The van der Waals surface area contributed by atoms with E-state index in [1.165, 1.54) is 62.5 Å². The first-order chi connectivity index (χ1) is 24.0. The number of hydrogen-bond acceptors (Lipinski definition) is 4. The number of fused-ring (bicyclic) bond motifs is 1. The van der Waals surface area contributed by atoms with E-state index in [2.05, 4.69) is 43.3 Å². The molecule has 1 aliphatic rings. The molecule has 49 heavy (non-hydrogen) atoms. The van der Waals surface area contributed by atoms with Crippen LogP contribution in [0.4, 0.5) is 0 Å². The van der Waals surface area contributed by atoms with Gasteiger partial charge in [-0.05, 0) is 103 Å². The monoisotopic (exact) mass is 660 g/mol. The van der Waals surface area contributed by atoms with Gasteiger partial charge in [0.05, 0.1) is 17.6 Å². The second-order valence-corrected chi connectivity index (χ2v) is 13.5. The van der Waals surface area contributed by atoms with Gasteiger partial charge in [-0.2, -0.15) is 0 Å². The molecule has 258 valence electrons. The van der Waals surface area contributed by atoms with Gasteiger partial charge in [0.15, 0.2) is 0 Å². The molecule has 0 saturated heterocycles. The molecule has 0 bridgehead atoms. The molecule has 1 N–H and O–H groups in total. The number of unbranched alkanes of at least 4 members (excludes halogenated alkanes) is 8. The zero-order valence-corrected chi connectivity index (χ0v) is 29.1. The molecule has 0 amide bonds. The van der Waals surface area contributed by atoms with Crippen molar-refractivity contribution >= 4 is 11.9 Å². The molecule has 5 nitrogen and oxygen atoms in total. The van der Waals surface area contributed by atoms with Crippen LogP contribution in [-0.2, 0) is 35.2 Å². The van der Waals surface area contributed by atoms with Crippen LogP contribution in [0.5, 0.6) is 5.75 Å². The van der Waals surface area contributed by atoms with Gasteiger partial charge in [-0.25, -0.2) is 4.79 Å². The van der Waals surface area contributed by atoms with E-state index in [0.29, 0.717) is 30.8 Å². The minimum atomic E-state index is -0.839. The third-order valence-corrected chi connectivity index (χ3v) is 9.78. The quantitative estimate of drug-likeness (QED) is 0.0616. The number of carbonyl (C=O) groups is 2. The molecular weight excluding hydrogens is 608 g/mol. The number of ether oxygens (including phenoxy) is 2. The highest BCUT2D eigenvalue weighted by molar-refractivity contribution is 5.91. The maximum Gasteiger partial charge on any atom is 0.343 e. The first kappa shape index (κ1) is 36.1. The summed E-state index contributed by atoms with van der Waals surface area (Å²) in [6, 6.07) is 32.1. The Kier molecular flexibility index (Phi) is 14.1. The smallest absolute Gasteiger partial charge is 0.343 e. The van der Waals surface area contributed by atoms with E-state index in [4.69, 9.17) is 9.47 Å². The van der Waals surface area contributed by atoms with Crippen LogP contribution in [0.1, 0.15) is 104 Å². The molecule has 0 saturated carbocycles. The number of carboxylic acids is 1. The lowest BCUT2D eigenvalue weighted by molar-refractivity contribution is -0.148. The van der Waals surface area contributed by atoms with Gasteiger partial charge >= 0.3 is 11.9 Å². The Bertz CT molecular complexity index is 1590. The summed E-state index contributed by atoms with van der Waals surface area (Å²) in [7, 11) is 0. The summed E-state index contributed by atoms with van der Waals surface area (Å²) >= 11 is 0. The van der Waals surface area contributed by atoms with Crippen molar-refractivity contribution in [2.75, 3.05) is 6.61 Å². The largest absolute Gasteiger partial charge is 0.481 e. The number of benzene rings is 4. The molecule has 0 radical (unpaired) electrons. The molecule has 1 aliphatic carbocycles. The highest BCUT2D eigenvalue weighted by atomic mass is 16.5. The molecule has 0 aliphatic heterocycles. The third kappa shape index (κ3) is 11.2. The van der Waals surface area contributed by atoms with Gasteiger partial charge < -0.3 is 14.6 Å². The molecule has 5 heteroatoms. The molecule has 2 unspecified atom stereocenters. The lowest BCUT2D eigenvalue weighted by Crippen LogP contribution is -2.38. The van der Waals surface area contributed by atoms with Crippen molar-refractivity contribution in [2.24, 2.45) is 5.92 Å². The Balaban J connectivity index is 1.09. The predicted octanol–water partition coefficient (Wildman–Crippen LogP) is 10.5. The van der Waals surface area contributed by atoms with Crippen molar-refractivity contribution in [1.29, 1.82) is 0 Å². The van der Waals surface area contributed by atoms with E-state index in [1.54, 1.807) is 6.07 Å². The molecule has 4 aromatic carbocycles. The van der Waals surface area contributed by atoms with Crippen molar-refractivity contribution in [3.63, 3.8) is 0 Å². The highest BCUT2D eigenvalue weighted by Gasteiger charge is 2.34. The van der Waals surface area contributed by atoms with Gasteiger partial charge in [0.2, 0.25) is 0 Å². The SMILES string of the molecule is CCCCCCCCCCc1ccc(-c2ccc(C(=O)Oc3ccc4c(c3)CC(OCCCCc3ccccc3)C(C(=O)O)C4)cc2)cc1. The first-order valence-electron chi connectivity index (χ1n) is 18.4. The first-order valence-corrected chi connectivity index (χ1v) is 18.4. The molecule has 0 spiro atoms. The lowest BCUT2D eigenvalue weighted by Gasteiger charge is -2.30. The molecule has 4 aromatic rings. The number of esters is 1. The number of aliphatic carboxylic acids is 1. The van der Waals surface area contributed by atoms with Crippen molar-refractivity contribution in [3.05, 3.63) is 125 Å². The average Bonchev–Trinajstić information content (AvgIpc) is 3.13. The number of hydrogen-bond donors (Lipinski definition) is 1. The van der Waals surface area contributed by atoms with Crippen LogP contribution in [0.3, 0.4) is 0 Å². The van der Waals surface area contributed by atoms with Crippen LogP contribution in [0, 0.1) is 5.92 Å². The second kappa shape index (κ2) is 19.1. The summed E-state index contributed by atoms with van der Waals surface area (Å²) in [5.41, 5.74) is 7.27. The highest BCUT2D eigenvalue weighted by Crippen LogP contribution is 2.31. The Hall–Kier alpha value is -4.22. The van der Waals surface area contributed by atoms with Gasteiger partial charge in [-0.3, -0.25) is 4.79 Å². The van der Waals surface area contributed by atoms with Gasteiger partial charge in [-0.15, -0.1) is 0 Å². The maximum absolute atomic E-state index is 13.1. The Morgan fingerprint density at radius 1 is 0.653 bits per heavy atom. The van der Waals surface area contributed by atoms with Crippen molar-refractivity contribution in [2.45, 2.75) is 103 Å². The van der Waals surface area contributed by atoms with E-state index in [1.807, 2.05) is 54.6 Å². The van der Waals surface area contributed by atoms with Crippen LogP contribution in [0.25, 0.3) is 11.1 Å². The van der Waals surface area contributed by atoms with Gasteiger partial charge in [0, 0.05) is 6.61 Å². The van der Waals surface area contributed by atoms with Crippen molar-refractivity contribution in [3.8, 4) is 16.9 Å². The molecule has 0 heterocycles. The Labute approximate surface area is 292 Å². The zero-order chi connectivity index (χ0) is 34.3. The van der Waals surface area contributed by atoms with E-state index in [9.17, 15) is 14.7 Å². The second-order valence-electron chi connectivity index (χ2n) is 13.5. The van der Waals surface area contributed by atoms with Crippen LogP contribution in [0.2, 0.25) is 0 Å². The lowest BCUT2D eigenvalue weighted by atomic mass is 9.81. The normalized spacial score (nSPS) is 15.4. The van der Waals surface area contributed by atoms with Gasteiger partial charge in [-0.1, -0.05) is 125 Å². The fourth-order valence-corrected chi connectivity index (χ4v) is 6.81. The number of carbonyl (C=O) groups excluding carboxylic acids is 1. The summed E-state index contributed by atoms with van der Waals surface area (Å²) in [6.45, 7) is 2.78. The molecule has 0 aromatic heterocycles. The summed E-state index contributed by atoms with van der Waals surface area (Å²) in [4.78, 5) is 25.2. The molecule has 0 fully saturated rings. The van der Waals surface area contributed by atoms with Crippen molar-refractivity contribution < 1.29 is 24.2 Å². The van der Waals surface area contributed by atoms with Crippen LogP contribution < -0.4 is 4.74 Å². The fraction of sp³-hybridized carbons (Fsp3) is 0.409. The van der Waals surface area contributed by atoms with E-state index >= 15 is 0 Å². The maximum atomic E-state index is 13.1. The number of aryl methyl sites for hydroxylation is 2. The third-order valence-electron chi connectivity index (χ3n) is 9.78. The zero-order valence-electron chi connectivity index (χ0n) is 29.1. The average molecular weight is 661 g/mol. The van der Waals surface area contributed by atoms with E-state index < -0.39 is 24.0 Å². The fourth-order valence-electron chi connectivity index (χ4n) is 6.81. The Morgan fingerprint density at radius 2 is 1.27 bits per heavy atom. The molecule has 2 atom stereocenters. The predicted molar refractivity (Wildman–Crippen MR) is 197 cm³/mol. The summed E-state index contributed by atoms with van der Waals surface area (Å²) in [6.07, 6.45) is 15.0. The molecule has 5 rings (SSSR count). The van der Waals surface area contributed by atoms with Gasteiger partial charge in [0.1, 0.15) is 5.75 Å². The van der Waals surface area contributed by atoms with Crippen LogP contribution in [0.15, 0.2) is 97.1 Å². The van der Waals surface area contributed by atoms with Crippen molar-refractivity contribution in [1.82, 2.24) is 0 Å². The summed E-state index contributed by atoms with van der Waals surface area (Å²) in [5, 5.41) is 9.91. The number of carboxylic acid groups (broad SMARTS) is 1.